The molecule has 3 aromatic heterocycles. The van der Waals surface area contributed by atoms with Gasteiger partial charge in [0.15, 0.2) is 14.7 Å². The molecule has 0 aliphatic carbocycles. The number of carboxylic acids is 1. The standard InChI is InChI=1S/C25H23N5O4S6/c1-13(9-11-36-25-29-28-14(2)37-25)20(23(33)34)30-21(32)19(27-18(31)12-15-6-5-10-35-15)22(30)39-40-24-26-16-7-3-4-8-17(16)38-24/h3-8,10,19-20,22H,1,9,11-12H2,2H3,(H,27,31)(H,33,34). The molecule has 0 radical (unpaired) electrons. The van der Waals surface area contributed by atoms with Crippen molar-refractivity contribution in [1.29, 1.82) is 0 Å². The molecular weight excluding hydrogens is 627 g/mol. The highest BCUT2D eigenvalue weighted by Gasteiger charge is 2.54. The number of thiazole rings is 1. The first-order chi connectivity index (χ1) is 19.3. The first-order valence-corrected chi connectivity index (χ1v) is 17.7. The van der Waals surface area contributed by atoms with Crippen molar-refractivity contribution in [2.45, 2.75) is 45.9 Å². The molecule has 5 rings (SSSR count). The van der Waals surface area contributed by atoms with Crippen LogP contribution in [0.1, 0.15) is 16.3 Å². The molecule has 9 nitrogen and oxygen atoms in total. The van der Waals surface area contributed by atoms with Gasteiger partial charge in [0.25, 0.3) is 0 Å². The summed E-state index contributed by atoms with van der Waals surface area (Å²) in [6.45, 7) is 5.91. The Kier molecular flexibility index (Phi) is 9.48. The third-order valence-electron chi connectivity index (χ3n) is 5.86. The lowest BCUT2D eigenvalue weighted by atomic mass is 9.97. The molecular formula is C25H23N5O4S6. The van der Waals surface area contributed by atoms with E-state index in [2.05, 4.69) is 27.1 Å². The summed E-state index contributed by atoms with van der Waals surface area (Å²) in [4.78, 5) is 45.4. The fourth-order valence-electron chi connectivity index (χ4n) is 4.00. The number of nitrogens with one attached hydrogen (secondary N) is 1. The van der Waals surface area contributed by atoms with E-state index >= 15 is 0 Å². The lowest BCUT2D eigenvalue weighted by Gasteiger charge is -2.49. The van der Waals surface area contributed by atoms with E-state index in [-0.39, 0.29) is 12.3 Å². The Morgan fingerprint density at radius 3 is 2.70 bits per heavy atom. The van der Waals surface area contributed by atoms with Crippen molar-refractivity contribution in [2.75, 3.05) is 5.75 Å². The molecule has 1 saturated heterocycles. The van der Waals surface area contributed by atoms with E-state index in [1.807, 2.05) is 48.7 Å². The van der Waals surface area contributed by atoms with E-state index < -0.39 is 29.3 Å². The van der Waals surface area contributed by atoms with Crippen LogP contribution in [0.3, 0.4) is 0 Å². The zero-order chi connectivity index (χ0) is 28.2. The molecule has 3 unspecified atom stereocenters. The number of likely N-dealkylation sites (tertiary alicyclic amines) is 1. The molecule has 15 heteroatoms. The van der Waals surface area contributed by atoms with E-state index in [1.54, 1.807) is 0 Å². The summed E-state index contributed by atoms with van der Waals surface area (Å²) in [5.74, 6) is -1.33. The van der Waals surface area contributed by atoms with Crippen molar-refractivity contribution < 1.29 is 19.5 Å². The highest BCUT2D eigenvalue weighted by Crippen LogP contribution is 2.45. The van der Waals surface area contributed by atoms with E-state index in [4.69, 9.17) is 0 Å². The van der Waals surface area contributed by atoms with Gasteiger partial charge in [-0.3, -0.25) is 9.59 Å². The average molecular weight is 650 g/mol. The van der Waals surface area contributed by atoms with Gasteiger partial charge in [-0.15, -0.1) is 32.9 Å². The first-order valence-electron chi connectivity index (χ1n) is 12.0. The minimum absolute atomic E-state index is 0.154. The maximum absolute atomic E-state index is 13.4. The van der Waals surface area contributed by atoms with Gasteiger partial charge >= 0.3 is 5.97 Å². The molecule has 0 saturated carbocycles. The quantitative estimate of drug-likeness (QED) is 0.0848. The Morgan fingerprint density at radius 1 is 1.18 bits per heavy atom. The SMILES string of the molecule is C=C(CCSc1nnc(C)s1)C(C(=O)O)N1C(=O)C(NC(=O)Cc2cccs2)C1SSc1nc2ccccc2s1. The molecule has 3 atom stereocenters. The number of para-hydroxylation sites is 1. The van der Waals surface area contributed by atoms with E-state index in [0.717, 1.165) is 28.8 Å². The normalized spacial score (nSPS) is 17.5. The highest BCUT2D eigenvalue weighted by atomic mass is 33.1. The minimum Gasteiger partial charge on any atom is -0.479 e. The number of rotatable bonds is 13. The maximum atomic E-state index is 13.4. The Bertz CT molecular complexity index is 1500. The summed E-state index contributed by atoms with van der Waals surface area (Å²) >= 11 is 5.93. The maximum Gasteiger partial charge on any atom is 0.330 e. The van der Waals surface area contributed by atoms with Gasteiger partial charge in [-0.1, -0.05) is 58.7 Å². The fourth-order valence-corrected chi connectivity index (χ4v) is 10.6. The summed E-state index contributed by atoms with van der Waals surface area (Å²) in [6.07, 6.45) is 0.531. The number of hydrogen-bond acceptors (Lipinski definition) is 12. The van der Waals surface area contributed by atoms with Crippen molar-refractivity contribution in [3.05, 3.63) is 63.8 Å². The molecule has 1 aliphatic heterocycles. The number of aryl methyl sites for hydroxylation is 1. The third kappa shape index (κ3) is 6.71. The van der Waals surface area contributed by atoms with Gasteiger partial charge in [0.2, 0.25) is 11.8 Å². The third-order valence-corrected chi connectivity index (χ3v) is 12.7. The lowest BCUT2D eigenvalue weighted by molar-refractivity contribution is -0.159. The lowest BCUT2D eigenvalue weighted by Crippen LogP contribution is -2.73. The van der Waals surface area contributed by atoms with Crippen LogP contribution < -0.4 is 5.32 Å². The van der Waals surface area contributed by atoms with Crippen LogP contribution in [-0.2, 0) is 20.8 Å². The second-order valence-corrected chi connectivity index (χ2v) is 15.8. The molecule has 2 amide bonds. The summed E-state index contributed by atoms with van der Waals surface area (Å²) in [5, 5.41) is 23.2. The zero-order valence-corrected chi connectivity index (χ0v) is 25.9. The van der Waals surface area contributed by atoms with Crippen LogP contribution in [0.25, 0.3) is 10.2 Å². The Balaban J connectivity index is 1.30. The number of benzene rings is 1. The molecule has 1 fully saturated rings. The molecule has 1 aliphatic rings. The predicted molar refractivity (Wildman–Crippen MR) is 164 cm³/mol. The molecule has 4 heterocycles. The second-order valence-electron chi connectivity index (χ2n) is 8.65. The number of carboxylic acid groups (broad SMARTS) is 1. The van der Waals surface area contributed by atoms with Crippen molar-refractivity contribution >= 4 is 95.4 Å². The predicted octanol–water partition coefficient (Wildman–Crippen LogP) is 5.35. The molecule has 0 bridgehead atoms. The number of aliphatic carboxylic acids is 1. The van der Waals surface area contributed by atoms with E-state index in [0.29, 0.717) is 17.7 Å². The van der Waals surface area contributed by atoms with Gasteiger partial charge in [-0.25, -0.2) is 9.78 Å². The average Bonchev–Trinajstić information content (AvgIpc) is 3.68. The number of aromatic nitrogens is 3. The van der Waals surface area contributed by atoms with Crippen LogP contribution in [0, 0.1) is 6.92 Å². The number of thioether (sulfide) groups is 1. The summed E-state index contributed by atoms with van der Waals surface area (Å²) < 4.78 is 2.61. The number of thiophene rings is 1. The van der Waals surface area contributed by atoms with Crippen LogP contribution in [0.15, 0.2) is 62.6 Å². The molecule has 2 N–H and O–H groups in total. The minimum atomic E-state index is -1.22. The van der Waals surface area contributed by atoms with Gasteiger partial charge in [-0.2, -0.15) is 0 Å². The fraction of sp³-hybridized carbons (Fsp3) is 0.280. The number of nitrogens with zero attached hydrogens (tertiary/aromatic N) is 4. The molecule has 40 heavy (non-hydrogen) atoms. The smallest absolute Gasteiger partial charge is 0.330 e. The molecule has 1 aromatic carbocycles. The van der Waals surface area contributed by atoms with Gasteiger partial charge < -0.3 is 15.3 Å². The molecule has 0 spiro atoms. The number of hydrogen-bond donors (Lipinski definition) is 2. The van der Waals surface area contributed by atoms with Crippen LogP contribution in [0.4, 0.5) is 0 Å². The van der Waals surface area contributed by atoms with Gasteiger partial charge in [0, 0.05) is 10.6 Å². The first kappa shape index (κ1) is 29.1. The van der Waals surface area contributed by atoms with Crippen LogP contribution >= 0.6 is 67.4 Å². The topological polar surface area (TPSA) is 125 Å². The number of β-lactam (4-membered cyclic amide) rings is 1. The Hall–Kier alpha value is -2.43. The molecule has 4 aromatic rings. The van der Waals surface area contributed by atoms with Crippen molar-refractivity contribution in [2.24, 2.45) is 0 Å². The van der Waals surface area contributed by atoms with Crippen molar-refractivity contribution in [3.8, 4) is 0 Å². The van der Waals surface area contributed by atoms with Crippen molar-refractivity contribution in [1.82, 2.24) is 25.4 Å². The van der Waals surface area contributed by atoms with Crippen LogP contribution in [0.2, 0.25) is 0 Å². The molecule has 208 valence electrons. The second kappa shape index (κ2) is 13.0. The Labute approximate surface area is 254 Å². The van der Waals surface area contributed by atoms with Crippen molar-refractivity contribution in [3.63, 3.8) is 0 Å². The zero-order valence-electron chi connectivity index (χ0n) is 21.0. The van der Waals surface area contributed by atoms with Crippen LogP contribution in [-0.4, -0.2) is 66.2 Å². The monoisotopic (exact) mass is 649 g/mol. The Morgan fingerprint density at radius 2 is 2.00 bits per heavy atom. The van der Waals surface area contributed by atoms with E-state index in [9.17, 15) is 19.5 Å². The highest BCUT2D eigenvalue weighted by molar-refractivity contribution is 8.77. The van der Waals surface area contributed by atoms with Gasteiger partial charge in [-0.05, 0) is 53.3 Å². The number of fused-ring (bicyclic) bond motifs is 1. The van der Waals surface area contributed by atoms with E-state index in [1.165, 1.54) is 72.3 Å². The number of carbonyl (C=O) groups is 3. The number of amides is 2. The van der Waals surface area contributed by atoms with Gasteiger partial charge in [0.05, 0.1) is 16.6 Å². The summed E-state index contributed by atoms with van der Waals surface area (Å²) in [7, 11) is 2.69. The number of carbonyl (C=O) groups excluding carboxylic acids is 2. The van der Waals surface area contributed by atoms with Gasteiger partial charge in [0.1, 0.15) is 16.4 Å². The summed E-state index contributed by atoms with van der Waals surface area (Å²) in [6, 6.07) is 9.43. The van der Waals surface area contributed by atoms with Crippen LogP contribution in [0.5, 0.6) is 0 Å². The largest absolute Gasteiger partial charge is 0.479 e. The summed E-state index contributed by atoms with van der Waals surface area (Å²) in [5.41, 5.74) is 1.28.